The Labute approximate surface area is 119 Å². The van der Waals surface area contributed by atoms with E-state index in [9.17, 15) is 0 Å². The predicted octanol–water partition coefficient (Wildman–Crippen LogP) is 4.67. The monoisotopic (exact) mass is 289 g/mol. The van der Waals surface area contributed by atoms with E-state index >= 15 is 0 Å². The van der Waals surface area contributed by atoms with Gasteiger partial charge in [0.25, 0.3) is 0 Å². The summed E-state index contributed by atoms with van der Waals surface area (Å²) in [6.07, 6.45) is 2.30. The van der Waals surface area contributed by atoms with Gasteiger partial charge in [-0.2, -0.15) is 0 Å². The van der Waals surface area contributed by atoms with Crippen LogP contribution in [0.2, 0.25) is 10.0 Å². The number of rotatable bonds is 7. The Morgan fingerprint density at radius 1 is 1.17 bits per heavy atom. The van der Waals surface area contributed by atoms with E-state index < -0.39 is 0 Å². The minimum absolute atomic E-state index is 0.551. The van der Waals surface area contributed by atoms with E-state index in [-0.39, 0.29) is 0 Å². The molecule has 0 radical (unpaired) electrons. The van der Waals surface area contributed by atoms with Crippen molar-refractivity contribution in [3.63, 3.8) is 0 Å². The Bertz CT molecular complexity index is 381. The molecule has 0 fully saturated rings. The first kappa shape index (κ1) is 15.4. The number of anilines is 2. The van der Waals surface area contributed by atoms with Crippen molar-refractivity contribution in [1.82, 2.24) is 4.98 Å². The van der Waals surface area contributed by atoms with Gasteiger partial charge in [0.15, 0.2) is 0 Å². The Kier molecular flexibility index (Phi) is 6.58. The molecule has 1 aromatic rings. The Hall–Kier alpha value is -0.670. The summed E-state index contributed by atoms with van der Waals surface area (Å²) in [6.45, 7) is 8.09. The van der Waals surface area contributed by atoms with Crippen LogP contribution in [0.4, 0.5) is 11.6 Å². The Morgan fingerprint density at radius 2 is 1.78 bits per heavy atom. The molecule has 0 aliphatic heterocycles. The molecule has 0 amide bonds. The van der Waals surface area contributed by atoms with Crippen LogP contribution in [0.15, 0.2) is 6.07 Å². The molecule has 3 nitrogen and oxygen atoms in total. The van der Waals surface area contributed by atoms with Gasteiger partial charge in [-0.05, 0) is 31.7 Å². The summed E-state index contributed by atoms with van der Waals surface area (Å²) in [7, 11) is 0. The lowest BCUT2D eigenvalue weighted by molar-refractivity contribution is 0.567. The molecule has 1 heterocycles. The maximum atomic E-state index is 6.11. The van der Waals surface area contributed by atoms with Gasteiger partial charge in [-0.1, -0.05) is 37.0 Å². The fraction of sp³-hybridized carbons (Fsp3) is 0.615. The number of aromatic nitrogens is 1. The molecular weight excluding hydrogens is 269 g/mol. The molecule has 0 bridgehead atoms. The predicted molar refractivity (Wildman–Crippen MR) is 81.0 cm³/mol. The molecule has 1 aromatic heterocycles. The van der Waals surface area contributed by atoms with E-state index in [1.807, 2.05) is 6.92 Å². The highest BCUT2D eigenvalue weighted by atomic mass is 35.5. The summed E-state index contributed by atoms with van der Waals surface area (Å²) in [4.78, 5) is 4.39. The van der Waals surface area contributed by atoms with Crippen molar-refractivity contribution in [2.24, 2.45) is 5.92 Å². The zero-order valence-electron chi connectivity index (χ0n) is 11.2. The SMILES string of the molecule is CCNc1nc(NCCCC(C)C)c(Cl)cc1Cl. The first-order valence-electron chi connectivity index (χ1n) is 6.38. The number of pyridine rings is 1. The molecule has 0 saturated heterocycles. The van der Waals surface area contributed by atoms with E-state index in [0.29, 0.717) is 21.7 Å². The molecule has 5 heteroatoms. The maximum Gasteiger partial charge on any atom is 0.147 e. The largest absolute Gasteiger partial charge is 0.369 e. The number of hydrogen-bond acceptors (Lipinski definition) is 3. The summed E-state index contributed by atoms with van der Waals surface area (Å²) < 4.78 is 0. The van der Waals surface area contributed by atoms with Crippen molar-refractivity contribution < 1.29 is 0 Å². The van der Waals surface area contributed by atoms with E-state index in [4.69, 9.17) is 23.2 Å². The summed E-state index contributed by atoms with van der Waals surface area (Å²) in [5, 5.41) is 7.47. The van der Waals surface area contributed by atoms with Crippen LogP contribution in [0.1, 0.15) is 33.6 Å². The topological polar surface area (TPSA) is 37.0 Å². The third-order valence-corrected chi connectivity index (χ3v) is 3.10. The minimum Gasteiger partial charge on any atom is -0.369 e. The number of nitrogens with one attached hydrogen (secondary N) is 2. The molecule has 102 valence electrons. The van der Waals surface area contributed by atoms with Crippen LogP contribution in [0.3, 0.4) is 0 Å². The molecule has 1 rings (SSSR count). The highest BCUT2D eigenvalue weighted by Crippen LogP contribution is 2.29. The van der Waals surface area contributed by atoms with Crippen LogP contribution < -0.4 is 10.6 Å². The van der Waals surface area contributed by atoms with Crippen LogP contribution in [0.5, 0.6) is 0 Å². The summed E-state index contributed by atoms with van der Waals surface area (Å²) in [6, 6.07) is 1.72. The van der Waals surface area contributed by atoms with Gasteiger partial charge >= 0.3 is 0 Å². The van der Waals surface area contributed by atoms with Crippen LogP contribution >= 0.6 is 23.2 Å². The smallest absolute Gasteiger partial charge is 0.147 e. The van der Waals surface area contributed by atoms with Crippen LogP contribution in [-0.4, -0.2) is 18.1 Å². The fourth-order valence-electron chi connectivity index (χ4n) is 1.60. The van der Waals surface area contributed by atoms with E-state index in [0.717, 1.165) is 25.4 Å². The lowest BCUT2D eigenvalue weighted by Crippen LogP contribution is -2.07. The van der Waals surface area contributed by atoms with Crippen LogP contribution in [-0.2, 0) is 0 Å². The second kappa shape index (κ2) is 7.70. The van der Waals surface area contributed by atoms with Crippen LogP contribution in [0, 0.1) is 5.92 Å². The first-order chi connectivity index (χ1) is 8.54. The summed E-state index contributed by atoms with van der Waals surface area (Å²) in [5.41, 5.74) is 0. The van der Waals surface area contributed by atoms with Gasteiger partial charge in [0.1, 0.15) is 11.6 Å². The van der Waals surface area contributed by atoms with Crippen molar-refractivity contribution in [1.29, 1.82) is 0 Å². The lowest BCUT2D eigenvalue weighted by atomic mass is 10.1. The third-order valence-electron chi connectivity index (χ3n) is 2.52. The van der Waals surface area contributed by atoms with Crippen molar-refractivity contribution in [2.75, 3.05) is 23.7 Å². The Morgan fingerprint density at radius 3 is 2.33 bits per heavy atom. The van der Waals surface area contributed by atoms with Gasteiger partial charge in [0.2, 0.25) is 0 Å². The van der Waals surface area contributed by atoms with Crippen LogP contribution in [0.25, 0.3) is 0 Å². The van der Waals surface area contributed by atoms with Gasteiger partial charge < -0.3 is 10.6 Å². The molecule has 0 aliphatic rings. The minimum atomic E-state index is 0.551. The van der Waals surface area contributed by atoms with E-state index in [2.05, 4.69) is 29.5 Å². The number of halogens is 2. The molecule has 0 aromatic carbocycles. The standard InChI is InChI=1S/C13H21Cl2N3/c1-4-16-12-10(14)8-11(15)13(18-12)17-7-5-6-9(2)3/h8-9H,4-7H2,1-3H3,(H2,16,17,18). The zero-order chi connectivity index (χ0) is 13.5. The van der Waals surface area contributed by atoms with Crippen molar-refractivity contribution in [2.45, 2.75) is 33.6 Å². The molecule has 18 heavy (non-hydrogen) atoms. The highest BCUT2D eigenvalue weighted by molar-refractivity contribution is 6.37. The Balaban J connectivity index is 2.61. The van der Waals surface area contributed by atoms with Gasteiger partial charge in [-0.15, -0.1) is 0 Å². The van der Waals surface area contributed by atoms with E-state index in [1.165, 1.54) is 6.42 Å². The average molecular weight is 290 g/mol. The maximum absolute atomic E-state index is 6.11. The highest BCUT2D eigenvalue weighted by Gasteiger charge is 2.08. The fourth-order valence-corrected chi connectivity index (χ4v) is 2.09. The molecule has 0 spiro atoms. The molecular formula is C13H21Cl2N3. The summed E-state index contributed by atoms with van der Waals surface area (Å²) in [5.74, 6) is 2.09. The third kappa shape index (κ3) is 4.91. The molecule has 0 saturated carbocycles. The lowest BCUT2D eigenvalue weighted by Gasteiger charge is -2.12. The molecule has 0 atom stereocenters. The second-order valence-corrected chi connectivity index (χ2v) is 5.46. The van der Waals surface area contributed by atoms with Gasteiger partial charge in [0.05, 0.1) is 10.0 Å². The van der Waals surface area contributed by atoms with Gasteiger partial charge in [-0.3, -0.25) is 0 Å². The molecule has 2 N–H and O–H groups in total. The molecule has 0 unspecified atom stereocenters. The number of nitrogens with zero attached hydrogens (tertiary/aromatic N) is 1. The summed E-state index contributed by atoms with van der Waals surface area (Å²) >= 11 is 12.2. The quantitative estimate of drug-likeness (QED) is 0.717. The van der Waals surface area contributed by atoms with Crippen molar-refractivity contribution >= 4 is 34.8 Å². The van der Waals surface area contributed by atoms with Gasteiger partial charge in [0, 0.05) is 13.1 Å². The second-order valence-electron chi connectivity index (χ2n) is 4.64. The molecule has 0 aliphatic carbocycles. The van der Waals surface area contributed by atoms with E-state index in [1.54, 1.807) is 6.07 Å². The normalized spacial score (nSPS) is 10.8. The van der Waals surface area contributed by atoms with Gasteiger partial charge in [-0.25, -0.2) is 4.98 Å². The number of hydrogen-bond donors (Lipinski definition) is 2. The van der Waals surface area contributed by atoms with Crippen molar-refractivity contribution in [3.8, 4) is 0 Å². The van der Waals surface area contributed by atoms with Crippen molar-refractivity contribution in [3.05, 3.63) is 16.1 Å². The average Bonchev–Trinajstić information content (AvgIpc) is 2.29. The first-order valence-corrected chi connectivity index (χ1v) is 7.14. The zero-order valence-corrected chi connectivity index (χ0v) is 12.7.